The Hall–Kier alpha value is -2.20. The molecule has 110 valence electrons. The fourth-order valence-corrected chi connectivity index (χ4v) is 2.21. The highest BCUT2D eigenvalue weighted by Gasteiger charge is 2.18. The molecule has 0 radical (unpaired) electrons. The Bertz CT molecular complexity index is 555. The number of anilines is 1. The van der Waals surface area contributed by atoms with Gasteiger partial charge in [-0.3, -0.25) is 9.78 Å². The van der Waals surface area contributed by atoms with Crippen molar-refractivity contribution in [1.29, 1.82) is 0 Å². The highest BCUT2D eigenvalue weighted by Crippen LogP contribution is 2.15. The van der Waals surface area contributed by atoms with E-state index >= 15 is 0 Å². The van der Waals surface area contributed by atoms with E-state index in [9.17, 15) is 4.79 Å². The van der Waals surface area contributed by atoms with Gasteiger partial charge in [-0.25, -0.2) is 0 Å². The Morgan fingerprint density at radius 1 is 1.24 bits per heavy atom. The first-order valence-corrected chi connectivity index (χ1v) is 7.19. The molecule has 2 rings (SSSR count). The predicted molar refractivity (Wildman–Crippen MR) is 85.0 cm³/mol. The number of amides is 1. The zero-order chi connectivity index (χ0) is 15.1. The summed E-state index contributed by atoms with van der Waals surface area (Å²) < 4.78 is 0. The van der Waals surface area contributed by atoms with Crippen LogP contribution in [0.4, 0.5) is 5.69 Å². The Morgan fingerprint density at radius 3 is 2.62 bits per heavy atom. The second kappa shape index (κ2) is 7.55. The van der Waals surface area contributed by atoms with Gasteiger partial charge in [0.05, 0.1) is 6.04 Å². The molecule has 2 N–H and O–H groups in total. The summed E-state index contributed by atoms with van der Waals surface area (Å²) in [6.45, 7) is 2.37. The first kappa shape index (κ1) is 15.2. The number of aryl methyl sites for hydroxylation is 1. The van der Waals surface area contributed by atoms with Crippen molar-refractivity contribution in [2.24, 2.45) is 5.73 Å². The van der Waals surface area contributed by atoms with Crippen LogP contribution in [0.25, 0.3) is 0 Å². The number of hydrogen-bond acceptors (Lipinski definition) is 3. The van der Waals surface area contributed by atoms with Crippen LogP contribution in [0.5, 0.6) is 0 Å². The van der Waals surface area contributed by atoms with Crippen LogP contribution in [-0.2, 0) is 11.2 Å². The molecule has 1 atom stereocenters. The molecular formula is C17H21N3O. The van der Waals surface area contributed by atoms with E-state index in [1.165, 1.54) is 5.56 Å². The number of pyridine rings is 1. The number of rotatable bonds is 6. The van der Waals surface area contributed by atoms with Gasteiger partial charge in [0.25, 0.3) is 0 Å². The van der Waals surface area contributed by atoms with E-state index < -0.39 is 6.04 Å². The predicted octanol–water partition coefficient (Wildman–Crippen LogP) is 2.39. The average Bonchev–Trinajstić information content (AvgIpc) is 2.53. The van der Waals surface area contributed by atoms with Crippen molar-refractivity contribution < 1.29 is 4.79 Å². The Kier molecular flexibility index (Phi) is 5.46. The van der Waals surface area contributed by atoms with Gasteiger partial charge in [-0.05, 0) is 43.5 Å². The van der Waals surface area contributed by atoms with Crippen molar-refractivity contribution in [3.05, 3.63) is 60.4 Å². The van der Waals surface area contributed by atoms with Gasteiger partial charge >= 0.3 is 0 Å². The quantitative estimate of drug-likeness (QED) is 0.885. The molecule has 1 heterocycles. The number of nitrogens with two attached hydrogens (primary N) is 1. The van der Waals surface area contributed by atoms with Crippen molar-refractivity contribution in [2.45, 2.75) is 25.8 Å². The lowest BCUT2D eigenvalue weighted by atomic mass is 10.1. The normalized spacial score (nSPS) is 11.9. The zero-order valence-corrected chi connectivity index (χ0v) is 12.3. The van der Waals surface area contributed by atoms with Gasteiger partial charge < -0.3 is 10.6 Å². The van der Waals surface area contributed by atoms with E-state index in [-0.39, 0.29) is 5.91 Å². The number of para-hydroxylation sites is 1. The molecule has 1 unspecified atom stereocenters. The molecule has 0 fully saturated rings. The molecule has 0 spiro atoms. The van der Waals surface area contributed by atoms with Gasteiger partial charge in [-0.2, -0.15) is 0 Å². The van der Waals surface area contributed by atoms with E-state index in [0.29, 0.717) is 6.54 Å². The Balaban J connectivity index is 2.01. The molecule has 1 amide bonds. The topological polar surface area (TPSA) is 59.2 Å². The minimum Gasteiger partial charge on any atom is -0.320 e. The molecule has 0 saturated carbocycles. The molecule has 21 heavy (non-hydrogen) atoms. The zero-order valence-electron chi connectivity index (χ0n) is 12.3. The average molecular weight is 283 g/mol. The van der Waals surface area contributed by atoms with Gasteiger partial charge in [0, 0.05) is 24.6 Å². The minimum atomic E-state index is -0.497. The first-order valence-electron chi connectivity index (χ1n) is 7.19. The summed E-state index contributed by atoms with van der Waals surface area (Å²) in [5, 5.41) is 0. The molecule has 0 aliphatic heterocycles. The summed E-state index contributed by atoms with van der Waals surface area (Å²) in [5.41, 5.74) is 7.83. The van der Waals surface area contributed by atoms with Crippen molar-refractivity contribution >= 4 is 11.6 Å². The van der Waals surface area contributed by atoms with E-state index in [2.05, 4.69) is 4.98 Å². The molecule has 2 aromatic rings. The highest BCUT2D eigenvalue weighted by molar-refractivity contribution is 5.96. The monoisotopic (exact) mass is 283 g/mol. The third kappa shape index (κ3) is 4.39. The third-order valence-electron chi connectivity index (χ3n) is 3.29. The number of nitrogens with zero attached hydrogens (tertiary/aromatic N) is 2. The minimum absolute atomic E-state index is 0.0487. The lowest BCUT2D eigenvalue weighted by Gasteiger charge is -2.24. The van der Waals surface area contributed by atoms with Gasteiger partial charge in [0.2, 0.25) is 5.91 Å². The summed E-state index contributed by atoms with van der Waals surface area (Å²) in [6, 6.07) is 13.1. The van der Waals surface area contributed by atoms with Crippen LogP contribution in [0.15, 0.2) is 54.9 Å². The van der Waals surface area contributed by atoms with Crippen LogP contribution < -0.4 is 10.6 Å². The molecule has 1 aromatic carbocycles. The molecule has 0 aliphatic rings. The van der Waals surface area contributed by atoms with Crippen molar-refractivity contribution in [2.75, 3.05) is 11.4 Å². The number of carbonyl (C=O) groups excluding carboxylic acids is 1. The molecule has 1 aromatic heterocycles. The number of aromatic nitrogens is 1. The molecular weight excluding hydrogens is 262 g/mol. The largest absolute Gasteiger partial charge is 0.320 e. The van der Waals surface area contributed by atoms with Gasteiger partial charge in [-0.15, -0.1) is 0 Å². The van der Waals surface area contributed by atoms with Crippen LogP contribution >= 0.6 is 0 Å². The van der Waals surface area contributed by atoms with Gasteiger partial charge in [0.1, 0.15) is 0 Å². The highest BCUT2D eigenvalue weighted by atomic mass is 16.2. The van der Waals surface area contributed by atoms with Crippen LogP contribution in [0, 0.1) is 0 Å². The summed E-state index contributed by atoms with van der Waals surface area (Å²) in [7, 11) is 0. The van der Waals surface area contributed by atoms with Crippen molar-refractivity contribution in [3.8, 4) is 0 Å². The maximum absolute atomic E-state index is 12.3. The number of benzene rings is 1. The van der Waals surface area contributed by atoms with Gasteiger partial charge in [0.15, 0.2) is 0 Å². The van der Waals surface area contributed by atoms with E-state index in [0.717, 1.165) is 18.5 Å². The summed E-state index contributed by atoms with van der Waals surface area (Å²) in [5.74, 6) is -0.0487. The Labute approximate surface area is 125 Å². The summed E-state index contributed by atoms with van der Waals surface area (Å²) >= 11 is 0. The van der Waals surface area contributed by atoms with E-state index in [4.69, 9.17) is 5.73 Å². The maximum atomic E-state index is 12.3. The smallest absolute Gasteiger partial charge is 0.243 e. The van der Waals surface area contributed by atoms with E-state index in [1.54, 1.807) is 18.0 Å². The lowest BCUT2D eigenvalue weighted by Crippen LogP contribution is -2.42. The van der Waals surface area contributed by atoms with Crippen LogP contribution in [0.3, 0.4) is 0 Å². The van der Waals surface area contributed by atoms with Crippen molar-refractivity contribution in [1.82, 2.24) is 4.98 Å². The van der Waals surface area contributed by atoms with Crippen LogP contribution in [0.2, 0.25) is 0 Å². The number of hydrogen-bond donors (Lipinski definition) is 1. The van der Waals surface area contributed by atoms with Crippen molar-refractivity contribution in [3.63, 3.8) is 0 Å². The molecule has 4 heteroatoms. The maximum Gasteiger partial charge on any atom is 0.243 e. The second-order valence-corrected chi connectivity index (χ2v) is 5.08. The van der Waals surface area contributed by atoms with Gasteiger partial charge in [-0.1, -0.05) is 24.3 Å². The first-order chi connectivity index (χ1) is 10.2. The SMILES string of the molecule is CC(N)C(=O)N(CCCc1cccnc1)c1ccccc1. The second-order valence-electron chi connectivity index (χ2n) is 5.08. The number of carbonyl (C=O) groups is 1. The lowest BCUT2D eigenvalue weighted by molar-refractivity contribution is -0.119. The molecule has 0 aliphatic carbocycles. The fourth-order valence-electron chi connectivity index (χ4n) is 2.21. The molecule has 4 nitrogen and oxygen atoms in total. The van der Waals surface area contributed by atoms with E-state index in [1.807, 2.05) is 48.7 Å². The molecule has 0 bridgehead atoms. The Morgan fingerprint density at radius 2 is 2.00 bits per heavy atom. The molecule has 0 saturated heterocycles. The standard InChI is InChI=1S/C17H21N3O/c1-14(18)17(21)20(16-9-3-2-4-10-16)12-6-8-15-7-5-11-19-13-15/h2-5,7,9-11,13-14H,6,8,12,18H2,1H3. The third-order valence-corrected chi connectivity index (χ3v) is 3.29. The summed E-state index contributed by atoms with van der Waals surface area (Å²) in [4.78, 5) is 18.1. The fraction of sp³-hybridized carbons (Fsp3) is 0.294. The van der Waals surface area contributed by atoms with Crippen LogP contribution in [-0.4, -0.2) is 23.5 Å². The summed E-state index contributed by atoms with van der Waals surface area (Å²) in [6.07, 6.45) is 5.39. The van der Waals surface area contributed by atoms with Crippen LogP contribution in [0.1, 0.15) is 18.9 Å².